The Morgan fingerprint density at radius 2 is 2.04 bits per heavy atom. The molecule has 27 heavy (non-hydrogen) atoms. The molecule has 140 valence electrons. The number of benzene rings is 2. The van der Waals surface area contributed by atoms with Crippen LogP contribution in [-0.2, 0) is 5.75 Å². The van der Waals surface area contributed by atoms with Crippen LogP contribution in [0.25, 0.3) is 0 Å². The number of carbonyl (C=O) groups excluding carboxylic acids is 1. The fourth-order valence-electron chi connectivity index (χ4n) is 2.61. The molecule has 0 saturated heterocycles. The first-order valence-electron chi connectivity index (χ1n) is 8.32. The first-order valence-corrected chi connectivity index (χ1v) is 10.9. The van der Waals surface area contributed by atoms with E-state index in [-0.39, 0.29) is 11.9 Å². The standard InChI is InChI=1S/C20H18Cl2N2OS2/c1-12(16-8-7-14(21)9-18(16)22)23-20(25)17-5-3-4-6-19(17)27-11-15-10-26-13(2)24-15/h3-10,12H,11H2,1-2H3,(H,23,25). The molecule has 0 fully saturated rings. The van der Waals surface area contributed by atoms with Crippen LogP contribution in [0.15, 0.2) is 52.7 Å². The second-order valence-electron chi connectivity index (χ2n) is 6.00. The molecule has 3 rings (SSSR count). The molecule has 1 amide bonds. The van der Waals surface area contributed by atoms with Gasteiger partial charge < -0.3 is 5.32 Å². The summed E-state index contributed by atoms with van der Waals surface area (Å²) < 4.78 is 0. The zero-order valence-electron chi connectivity index (χ0n) is 14.8. The van der Waals surface area contributed by atoms with E-state index >= 15 is 0 Å². The first-order chi connectivity index (χ1) is 12.9. The van der Waals surface area contributed by atoms with Crippen molar-refractivity contribution in [3.05, 3.63) is 79.7 Å². The van der Waals surface area contributed by atoms with E-state index in [2.05, 4.69) is 15.7 Å². The van der Waals surface area contributed by atoms with E-state index in [0.717, 1.165) is 26.9 Å². The van der Waals surface area contributed by atoms with Crippen molar-refractivity contribution in [1.29, 1.82) is 0 Å². The summed E-state index contributed by atoms with van der Waals surface area (Å²) >= 11 is 15.5. The molecule has 0 aliphatic rings. The highest BCUT2D eigenvalue weighted by atomic mass is 35.5. The molecule has 0 spiro atoms. The number of halogens is 2. The summed E-state index contributed by atoms with van der Waals surface area (Å²) in [5, 5.41) is 7.23. The van der Waals surface area contributed by atoms with E-state index in [9.17, 15) is 4.79 Å². The van der Waals surface area contributed by atoms with Crippen LogP contribution in [0.2, 0.25) is 10.0 Å². The number of aryl methyl sites for hydroxylation is 1. The quantitative estimate of drug-likeness (QED) is 0.445. The number of hydrogen-bond donors (Lipinski definition) is 1. The molecule has 2 aromatic carbocycles. The first kappa shape index (κ1) is 20.2. The number of thiazole rings is 1. The summed E-state index contributed by atoms with van der Waals surface area (Å²) in [5.41, 5.74) is 2.50. The van der Waals surface area contributed by atoms with Crippen molar-refractivity contribution in [3.63, 3.8) is 0 Å². The summed E-state index contributed by atoms with van der Waals surface area (Å²) in [5.74, 6) is 0.596. The van der Waals surface area contributed by atoms with Crippen molar-refractivity contribution >= 4 is 52.2 Å². The third kappa shape index (κ3) is 5.26. The molecule has 0 bridgehead atoms. The summed E-state index contributed by atoms with van der Waals surface area (Å²) in [6, 6.07) is 12.6. The summed E-state index contributed by atoms with van der Waals surface area (Å²) in [7, 11) is 0. The zero-order chi connectivity index (χ0) is 19.4. The molecule has 0 radical (unpaired) electrons. The minimum absolute atomic E-state index is 0.133. The molecule has 1 aromatic heterocycles. The Labute approximate surface area is 177 Å². The van der Waals surface area contributed by atoms with Gasteiger partial charge in [0.2, 0.25) is 0 Å². The van der Waals surface area contributed by atoms with Gasteiger partial charge in [-0.1, -0.05) is 41.4 Å². The number of thioether (sulfide) groups is 1. The van der Waals surface area contributed by atoms with Gasteiger partial charge >= 0.3 is 0 Å². The van der Waals surface area contributed by atoms with E-state index in [1.807, 2.05) is 44.2 Å². The molecule has 7 heteroatoms. The highest BCUT2D eigenvalue weighted by Gasteiger charge is 2.17. The van der Waals surface area contributed by atoms with Gasteiger partial charge in [0.15, 0.2) is 0 Å². The van der Waals surface area contributed by atoms with Gasteiger partial charge in [-0.05, 0) is 43.7 Å². The maximum atomic E-state index is 12.8. The maximum Gasteiger partial charge on any atom is 0.252 e. The third-order valence-corrected chi connectivity index (χ3v) is 6.44. The van der Waals surface area contributed by atoms with Crippen LogP contribution in [0, 0.1) is 6.92 Å². The Morgan fingerprint density at radius 1 is 1.26 bits per heavy atom. The molecule has 1 N–H and O–H groups in total. The molecule has 0 saturated carbocycles. The summed E-state index contributed by atoms with van der Waals surface area (Å²) in [4.78, 5) is 18.2. The van der Waals surface area contributed by atoms with E-state index in [4.69, 9.17) is 23.2 Å². The number of carbonyl (C=O) groups is 1. The lowest BCUT2D eigenvalue weighted by Crippen LogP contribution is -2.27. The van der Waals surface area contributed by atoms with Crippen molar-refractivity contribution in [2.45, 2.75) is 30.5 Å². The van der Waals surface area contributed by atoms with E-state index in [0.29, 0.717) is 15.6 Å². The molecule has 0 aliphatic carbocycles. The number of nitrogens with one attached hydrogen (secondary N) is 1. The van der Waals surface area contributed by atoms with Crippen LogP contribution < -0.4 is 5.32 Å². The van der Waals surface area contributed by atoms with Gasteiger partial charge in [0.25, 0.3) is 5.91 Å². The van der Waals surface area contributed by atoms with E-state index in [1.54, 1.807) is 35.2 Å². The molecular weight excluding hydrogens is 419 g/mol. The average Bonchev–Trinajstić information content (AvgIpc) is 3.05. The maximum absolute atomic E-state index is 12.8. The lowest BCUT2D eigenvalue weighted by atomic mass is 10.1. The predicted molar refractivity (Wildman–Crippen MR) is 115 cm³/mol. The smallest absolute Gasteiger partial charge is 0.252 e. The zero-order valence-corrected chi connectivity index (χ0v) is 18.0. The van der Waals surface area contributed by atoms with Gasteiger partial charge in [0.1, 0.15) is 0 Å². The topological polar surface area (TPSA) is 42.0 Å². The molecule has 1 unspecified atom stereocenters. The minimum atomic E-state index is -0.235. The van der Waals surface area contributed by atoms with Crippen molar-refractivity contribution < 1.29 is 4.79 Å². The Hall–Kier alpha value is -1.53. The van der Waals surface area contributed by atoms with Crippen LogP contribution in [0.4, 0.5) is 0 Å². The van der Waals surface area contributed by atoms with Crippen molar-refractivity contribution in [1.82, 2.24) is 10.3 Å². The lowest BCUT2D eigenvalue weighted by Gasteiger charge is -2.17. The number of rotatable bonds is 6. The summed E-state index contributed by atoms with van der Waals surface area (Å²) in [6.45, 7) is 3.89. The fourth-order valence-corrected chi connectivity index (χ4v) is 4.84. The Kier molecular flexibility index (Phi) is 6.82. The van der Waals surface area contributed by atoms with Crippen LogP contribution in [0.3, 0.4) is 0 Å². The molecular formula is C20H18Cl2N2OS2. The lowest BCUT2D eigenvalue weighted by molar-refractivity contribution is 0.0937. The van der Waals surface area contributed by atoms with Crippen LogP contribution in [0.5, 0.6) is 0 Å². The largest absolute Gasteiger partial charge is 0.345 e. The van der Waals surface area contributed by atoms with Gasteiger partial charge in [-0.15, -0.1) is 23.1 Å². The van der Waals surface area contributed by atoms with Crippen LogP contribution in [-0.4, -0.2) is 10.9 Å². The highest BCUT2D eigenvalue weighted by Crippen LogP contribution is 2.29. The van der Waals surface area contributed by atoms with Gasteiger partial charge in [0.05, 0.1) is 22.3 Å². The van der Waals surface area contributed by atoms with Crippen molar-refractivity contribution in [3.8, 4) is 0 Å². The van der Waals surface area contributed by atoms with Gasteiger partial charge in [-0.2, -0.15) is 0 Å². The van der Waals surface area contributed by atoms with E-state index < -0.39 is 0 Å². The number of aromatic nitrogens is 1. The number of amides is 1. The highest BCUT2D eigenvalue weighted by molar-refractivity contribution is 7.98. The minimum Gasteiger partial charge on any atom is -0.345 e. The monoisotopic (exact) mass is 436 g/mol. The second kappa shape index (κ2) is 9.11. The molecule has 1 atom stereocenters. The van der Waals surface area contributed by atoms with Crippen molar-refractivity contribution in [2.75, 3.05) is 0 Å². The Morgan fingerprint density at radius 3 is 2.74 bits per heavy atom. The number of nitrogens with zero attached hydrogens (tertiary/aromatic N) is 1. The second-order valence-corrected chi connectivity index (χ2v) is 8.93. The van der Waals surface area contributed by atoms with E-state index in [1.165, 1.54) is 0 Å². The molecule has 0 aliphatic heterocycles. The number of hydrogen-bond acceptors (Lipinski definition) is 4. The molecule has 1 heterocycles. The summed E-state index contributed by atoms with van der Waals surface area (Å²) in [6.07, 6.45) is 0. The fraction of sp³-hybridized carbons (Fsp3) is 0.200. The Balaban J connectivity index is 1.72. The molecule has 3 nitrogen and oxygen atoms in total. The normalized spacial score (nSPS) is 12.0. The van der Waals surface area contributed by atoms with Gasteiger partial charge in [-0.3, -0.25) is 4.79 Å². The Bertz CT molecular complexity index is 959. The van der Waals surface area contributed by atoms with Gasteiger partial charge in [0, 0.05) is 26.1 Å². The SMILES string of the molecule is Cc1nc(CSc2ccccc2C(=O)NC(C)c2ccc(Cl)cc2Cl)cs1. The van der Waals surface area contributed by atoms with Crippen LogP contribution >= 0.6 is 46.3 Å². The van der Waals surface area contributed by atoms with Crippen molar-refractivity contribution in [2.24, 2.45) is 0 Å². The predicted octanol–water partition coefficient (Wildman–Crippen LogP) is 6.54. The average molecular weight is 437 g/mol. The van der Waals surface area contributed by atoms with Crippen LogP contribution in [0.1, 0.15) is 39.6 Å². The third-order valence-electron chi connectivity index (χ3n) is 3.95. The molecule has 3 aromatic rings. The van der Waals surface area contributed by atoms with Gasteiger partial charge in [-0.25, -0.2) is 4.98 Å².